The standard InChI is InChI=1S/C22H38BN3O4/c1-15-10-17(11-16(2)26(15)19(27)28-20(3,4)5)13-25-14-18(12-24-25)23-29-21(6,7)22(8,9)30-23/h12,14-17H,10-11,13H2,1-9H3/t15-,16+,17?. The summed E-state index contributed by atoms with van der Waals surface area (Å²) in [7, 11) is -0.393. The van der Waals surface area contributed by atoms with Crippen LogP contribution >= 0.6 is 0 Å². The third kappa shape index (κ3) is 4.85. The summed E-state index contributed by atoms with van der Waals surface area (Å²) in [6, 6.07) is 0.262. The van der Waals surface area contributed by atoms with Crippen molar-refractivity contribution in [1.29, 1.82) is 0 Å². The molecule has 2 aliphatic rings. The molecule has 8 heteroatoms. The highest BCUT2D eigenvalue weighted by atomic mass is 16.7. The minimum absolute atomic E-state index is 0.131. The number of ether oxygens (including phenoxy) is 1. The van der Waals surface area contributed by atoms with E-state index in [4.69, 9.17) is 14.0 Å². The third-order valence-electron chi connectivity index (χ3n) is 6.53. The molecule has 0 spiro atoms. The van der Waals surface area contributed by atoms with Gasteiger partial charge in [-0.3, -0.25) is 4.68 Å². The van der Waals surface area contributed by atoms with Gasteiger partial charge < -0.3 is 18.9 Å². The minimum atomic E-state index is -0.480. The Kier molecular flexibility index (Phi) is 6.06. The number of carbonyl (C=O) groups is 1. The average molecular weight is 419 g/mol. The van der Waals surface area contributed by atoms with Gasteiger partial charge in [0.2, 0.25) is 0 Å². The maximum absolute atomic E-state index is 12.6. The van der Waals surface area contributed by atoms with Gasteiger partial charge in [0.05, 0.1) is 11.2 Å². The van der Waals surface area contributed by atoms with Gasteiger partial charge in [-0.15, -0.1) is 0 Å². The molecule has 1 aromatic heterocycles. The molecule has 30 heavy (non-hydrogen) atoms. The number of hydrogen-bond donors (Lipinski definition) is 0. The Morgan fingerprint density at radius 3 is 2.20 bits per heavy atom. The molecular formula is C22H38BN3O4. The fraction of sp³-hybridized carbons (Fsp3) is 0.818. The van der Waals surface area contributed by atoms with E-state index in [9.17, 15) is 4.79 Å². The van der Waals surface area contributed by atoms with E-state index in [1.165, 1.54) is 0 Å². The normalized spacial score (nSPS) is 28.6. The van der Waals surface area contributed by atoms with Crippen LogP contribution in [0.15, 0.2) is 12.4 Å². The van der Waals surface area contributed by atoms with Crippen LogP contribution in [0.4, 0.5) is 4.79 Å². The number of amides is 1. The SMILES string of the molecule is C[C@@H]1CC(Cn2cc(B3OC(C)(C)C(C)(C)O3)cn2)C[C@H](C)N1C(=O)OC(C)(C)C. The van der Waals surface area contributed by atoms with Gasteiger partial charge in [-0.05, 0) is 81.1 Å². The van der Waals surface area contributed by atoms with Crippen molar-refractivity contribution < 1.29 is 18.8 Å². The summed E-state index contributed by atoms with van der Waals surface area (Å²) in [6.45, 7) is 19.0. The van der Waals surface area contributed by atoms with Gasteiger partial charge in [0, 0.05) is 36.5 Å². The zero-order valence-corrected chi connectivity index (χ0v) is 20.1. The van der Waals surface area contributed by atoms with Crippen LogP contribution in [-0.2, 0) is 20.6 Å². The largest absolute Gasteiger partial charge is 0.498 e. The molecule has 7 nitrogen and oxygen atoms in total. The fourth-order valence-corrected chi connectivity index (χ4v) is 4.39. The summed E-state index contributed by atoms with van der Waals surface area (Å²) in [5.74, 6) is 0.444. The van der Waals surface area contributed by atoms with Crippen molar-refractivity contribution >= 4 is 18.7 Å². The lowest BCUT2D eigenvalue weighted by atomic mass is 9.82. The van der Waals surface area contributed by atoms with Crippen LogP contribution in [0, 0.1) is 5.92 Å². The Labute approximate surface area is 181 Å². The van der Waals surface area contributed by atoms with Crippen LogP contribution < -0.4 is 5.46 Å². The third-order valence-corrected chi connectivity index (χ3v) is 6.53. The summed E-state index contributed by atoms with van der Waals surface area (Å²) < 4.78 is 19.9. The van der Waals surface area contributed by atoms with Crippen molar-refractivity contribution in [1.82, 2.24) is 14.7 Å². The highest BCUT2D eigenvalue weighted by molar-refractivity contribution is 6.61. The average Bonchev–Trinajstić information content (AvgIpc) is 3.07. The quantitative estimate of drug-likeness (QED) is 0.701. The number of nitrogens with zero attached hydrogens (tertiary/aromatic N) is 3. The molecule has 0 saturated carbocycles. The van der Waals surface area contributed by atoms with Crippen molar-refractivity contribution in [2.45, 2.75) is 111 Å². The van der Waals surface area contributed by atoms with E-state index in [2.05, 4.69) is 46.6 Å². The molecule has 1 aromatic rings. The maximum atomic E-state index is 12.6. The first kappa shape index (κ1) is 23.1. The number of piperidine rings is 1. The number of aromatic nitrogens is 2. The van der Waals surface area contributed by atoms with Gasteiger partial charge >= 0.3 is 13.2 Å². The maximum Gasteiger partial charge on any atom is 0.498 e. The Morgan fingerprint density at radius 2 is 1.70 bits per heavy atom. The molecule has 3 rings (SSSR count). The molecule has 0 N–H and O–H groups in total. The highest BCUT2D eigenvalue weighted by Gasteiger charge is 2.52. The first-order valence-electron chi connectivity index (χ1n) is 11.1. The van der Waals surface area contributed by atoms with E-state index < -0.39 is 12.7 Å². The van der Waals surface area contributed by atoms with E-state index in [1.54, 1.807) is 0 Å². The predicted molar refractivity (Wildman–Crippen MR) is 118 cm³/mol. The Balaban J connectivity index is 1.61. The summed E-state index contributed by atoms with van der Waals surface area (Å²) in [6.07, 6.45) is 5.50. The van der Waals surface area contributed by atoms with Crippen molar-refractivity contribution in [3.05, 3.63) is 12.4 Å². The molecule has 2 saturated heterocycles. The van der Waals surface area contributed by atoms with Gasteiger partial charge in [0.25, 0.3) is 0 Å². The molecule has 3 heterocycles. The zero-order chi connectivity index (χ0) is 22.5. The van der Waals surface area contributed by atoms with Crippen molar-refractivity contribution in [3.8, 4) is 0 Å². The van der Waals surface area contributed by atoms with Crippen LogP contribution in [0.1, 0.15) is 75.2 Å². The van der Waals surface area contributed by atoms with Gasteiger partial charge in [-0.25, -0.2) is 4.79 Å². The summed E-state index contributed by atoms with van der Waals surface area (Å²) >= 11 is 0. The van der Waals surface area contributed by atoms with Crippen molar-refractivity contribution in [2.75, 3.05) is 0 Å². The monoisotopic (exact) mass is 419 g/mol. The van der Waals surface area contributed by atoms with Gasteiger partial charge in [-0.2, -0.15) is 5.10 Å². The van der Waals surface area contributed by atoms with E-state index in [-0.39, 0.29) is 29.4 Å². The Hall–Kier alpha value is -1.54. The molecule has 0 bridgehead atoms. The lowest BCUT2D eigenvalue weighted by molar-refractivity contribution is -0.00865. The Bertz CT molecular complexity index is 743. The first-order chi connectivity index (χ1) is 13.7. The lowest BCUT2D eigenvalue weighted by Crippen LogP contribution is -2.51. The molecule has 2 fully saturated rings. The molecule has 2 aliphatic heterocycles. The molecule has 1 amide bonds. The topological polar surface area (TPSA) is 65.8 Å². The van der Waals surface area contributed by atoms with E-state index in [1.807, 2.05) is 42.7 Å². The predicted octanol–water partition coefficient (Wildman–Crippen LogP) is 3.61. The van der Waals surface area contributed by atoms with E-state index in [0.29, 0.717) is 5.92 Å². The number of rotatable bonds is 3. The second kappa shape index (κ2) is 7.86. The lowest BCUT2D eigenvalue weighted by Gasteiger charge is -2.42. The second-order valence-corrected chi connectivity index (χ2v) is 11.0. The fourth-order valence-electron chi connectivity index (χ4n) is 4.39. The molecule has 0 aromatic carbocycles. The van der Waals surface area contributed by atoms with Crippen molar-refractivity contribution in [2.24, 2.45) is 5.92 Å². The molecule has 0 radical (unpaired) electrons. The van der Waals surface area contributed by atoms with E-state index in [0.717, 1.165) is 24.8 Å². The summed E-state index contributed by atoms with van der Waals surface area (Å²) in [5.41, 5.74) is -0.258. The summed E-state index contributed by atoms with van der Waals surface area (Å²) in [5, 5.41) is 4.55. The van der Waals surface area contributed by atoms with Crippen LogP contribution in [0.5, 0.6) is 0 Å². The summed E-state index contributed by atoms with van der Waals surface area (Å²) in [4.78, 5) is 14.5. The first-order valence-corrected chi connectivity index (χ1v) is 11.1. The van der Waals surface area contributed by atoms with Crippen LogP contribution in [0.25, 0.3) is 0 Å². The van der Waals surface area contributed by atoms with Crippen LogP contribution in [0.3, 0.4) is 0 Å². The van der Waals surface area contributed by atoms with Crippen LogP contribution in [0.2, 0.25) is 0 Å². The minimum Gasteiger partial charge on any atom is -0.444 e. The van der Waals surface area contributed by atoms with Crippen molar-refractivity contribution in [3.63, 3.8) is 0 Å². The van der Waals surface area contributed by atoms with E-state index >= 15 is 0 Å². The number of carbonyl (C=O) groups excluding carboxylic acids is 1. The van der Waals surface area contributed by atoms with Gasteiger partial charge in [0.15, 0.2) is 0 Å². The molecule has 3 atom stereocenters. The number of hydrogen-bond acceptors (Lipinski definition) is 5. The smallest absolute Gasteiger partial charge is 0.444 e. The van der Waals surface area contributed by atoms with Crippen LogP contribution in [-0.4, -0.2) is 56.8 Å². The molecule has 1 unspecified atom stereocenters. The Morgan fingerprint density at radius 1 is 1.17 bits per heavy atom. The number of likely N-dealkylation sites (tertiary alicyclic amines) is 1. The zero-order valence-electron chi connectivity index (χ0n) is 20.1. The van der Waals surface area contributed by atoms with Gasteiger partial charge in [0.1, 0.15) is 5.60 Å². The molecule has 0 aliphatic carbocycles. The molecule has 168 valence electrons. The second-order valence-electron chi connectivity index (χ2n) is 11.0. The van der Waals surface area contributed by atoms with Gasteiger partial charge in [-0.1, -0.05) is 0 Å². The molecular weight excluding hydrogens is 381 g/mol. The highest BCUT2D eigenvalue weighted by Crippen LogP contribution is 2.36.